The molecule has 26 heavy (non-hydrogen) atoms. The van der Waals surface area contributed by atoms with Crippen molar-refractivity contribution >= 4 is 31.4 Å². The van der Waals surface area contributed by atoms with E-state index in [0.29, 0.717) is 5.88 Å². The fourth-order valence-electron chi connectivity index (χ4n) is 2.42. The molecule has 0 saturated heterocycles. The lowest BCUT2D eigenvalue weighted by molar-refractivity contribution is 0.0536. The molecule has 0 unspecified atom stereocenters. The van der Waals surface area contributed by atoms with E-state index >= 15 is 0 Å². The van der Waals surface area contributed by atoms with Gasteiger partial charge in [0.25, 0.3) is 8.32 Å². The van der Waals surface area contributed by atoms with Gasteiger partial charge in [0.2, 0.25) is 0 Å². The average molecular weight is 374 g/mol. The molecule has 2 rings (SSSR count). The zero-order valence-electron chi connectivity index (χ0n) is 17.3. The van der Waals surface area contributed by atoms with E-state index in [2.05, 4.69) is 40.4 Å². The summed E-state index contributed by atoms with van der Waals surface area (Å²) >= 11 is 0. The largest absolute Gasteiger partial charge is 0.531 e. The first-order chi connectivity index (χ1) is 11.8. The minimum atomic E-state index is -2.17. The monoisotopic (exact) mass is 373 g/mol. The minimum Gasteiger partial charge on any atom is -0.531 e. The quantitative estimate of drug-likeness (QED) is 0.580. The zero-order chi connectivity index (χ0) is 19.9. The topological polar surface area (TPSA) is 40.5 Å². The number of hydrogen-bond acceptors (Lipinski definition) is 3. The first kappa shape index (κ1) is 20.3. The molecule has 0 spiro atoms. The number of aromatic nitrogens is 1. The maximum atomic E-state index is 13.0. The van der Waals surface area contributed by atoms with E-state index in [1.165, 1.54) is 0 Å². The Kier molecular flexibility index (Phi) is 5.16. The number of carbonyl (C=O) groups is 1. The molecule has 1 heterocycles. The maximum absolute atomic E-state index is 13.0. The van der Waals surface area contributed by atoms with Crippen molar-refractivity contribution < 1.29 is 14.0 Å². The molecule has 0 fully saturated rings. The summed E-state index contributed by atoms with van der Waals surface area (Å²) < 4.78 is 13.8. The fourth-order valence-corrected chi connectivity index (χ4v) is 3.41. The highest BCUT2D eigenvalue weighted by atomic mass is 28.4. The molecule has 1 aromatic heterocycles. The molecule has 5 heteroatoms. The van der Waals surface area contributed by atoms with Crippen LogP contribution in [0.1, 0.15) is 47.1 Å². The van der Waals surface area contributed by atoms with Gasteiger partial charge in [-0.1, -0.05) is 51.6 Å². The van der Waals surface area contributed by atoms with E-state index in [0.717, 1.165) is 16.5 Å². The van der Waals surface area contributed by atoms with E-state index < -0.39 is 20.0 Å². The van der Waals surface area contributed by atoms with Crippen LogP contribution < -0.4 is 4.43 Å². The van der Waals surface area contributed by atoms with E-state index in [-0.39, 0.29) is 5.04 Å². The molecule has 4 nitrogen and oxygen atoms in total. The van der Waals surface area contributed by atoms with Gasteiger partial charge in [0.15, 0.2) is 5.88 Å². The van der Waals surface area contributed by atoms with Gasteiger partial charge in [0.05, 0.1) is 5.52 Å². The number of para-hydroxylation sites is 1. The molecule has 0 saturated carbocycles. The summed E-state index contributed by atoms with van der Waals surface area (Å²) in [5.41, 5.74) is 1.01. The van der Waals surface area contributed by atoms with Crippen molar-refractivity contribution in [3.05, 3.63) is 36.4 Å². The molecular formula is C21H31NO3Si. The predicted molar refractivity (Wildman–Crippen MR) is 111 cm³/mol. The minimum absolute atomic E-state index is 0.000651. The molecule has 0 aliphatic heterocycles. The summed E-state index contributed by atoms with van der Waals surface area (Å²) in [6.45, 7) is 20.4. The average Bonchev–Trinajstić information content (AvgIpc) is 2.76. The van der Waals surface area contributed by atoms with Crippen LogP contribution in [0.15, 0.2) is 30.8 Å². The van der Waals surface area contributed by atoms with Crippen LogP contribution in [0.2, 0.25) is 18.1 Å². The second-order valence-corrected chi connectivity index (χ2v) is 13.8. The number of carbonyl (C=O) groups excluding carboxylic acids is 1. The van der Waals surface area contributed by atoms with Gasteiger partial charge >= 0.3 is 6.09 Å². The highest BCUT2D eigenvalue weighted by Gasteiger charge is 2.41. The SMILES string of the molecule is C=Cc1c(O[Si](C)(C)C(C)(C)C)n(C(=O)OC(C)(C)C)c2ccccc12. The van der Waals surface area contributed by atoms with Crippen LogP contribution in [0.4, 0.5) is 4.79 Å². The van der Waals surface area contributed by atoms with Crippen LogP contribution in [-0.4, -0.2) is 24.6 Å². The Morgan fingerprint density at radius 1 is 1.12 bits per heavy atom. The Labute approximate surface area is 157 Å². The van der Waals surface area contributed by atoms with Gasteiger partial charge in [0.1, 0.15) is 5.60 Å². The van der Waals surface area contributed by atoms with Crippen molar-refractivity contribution in [2.75, 3.05) is 0 Å². The van der Waals surface area contributed by atoms with E-state index in [9.17, 15) is 4.79 Å². The number of ether oxygens (including phenoxy) is 1. The molecular weight excluding hydrogens is 342 g/mol. The Bertz CT molecular complexity index is 835. The third-order valence-corrected chi connectivity index (χ3v) is 9.12. The van der Waals surface area contributed by atoms with Crippen molar-refractivity contribution in [3.8, 4) is 5.88 Å². The first-order valence-corrected chi connectivity index (χ1v) is 11.9. The van der Waals surface area contributed by atoms with Gasteiger partial charge in [-0.2, -0.15) is 0 Å². The number of fused-ring (bicyclic) bond motifs is 1. The van der Waals surface area contributed by atoms with Crippen molar-refractivity contribution in [3.63, 3.8) is 0 Å². The van der Waals surface area contributed by atoms with Crippen LogP contribution >= 0.6 is 0 Å². The fraction of sp³-hybridized carbons (Fsp3) is 0.476. The first-order valence-electron chi connectivity index (χ1n) is 8.97. The zero-order valence-corrected chi connectivity index (χ0v) is 18.3. The molecule has 0 aliphatic carbocycles. The summed E-state index contributed by atoms with van der Waals surface area (Å²) in [6, 6.07) is 7.74. The Morgan fingerprint density at radius 2 is 1.69 bits per heavy atom. The molecule has 2 aromatic rings. The summed E-state index contributed by atoms with van der Waals surface area (Å²) in [5, 5.41) is 0.933. The Hall–Kier alpha value is -2.01. The second kappa shape index (κ2) is 6.61. The highest BCUT2D eigenvalue weighted by molar-refractivity contribution is 6.74. The summed E-state index contributed by atoms with van der Waals surface area (Å²) in [6.07, 6.45) is 1.32. The summed E-state index contributed by atoms with van der Waals surface area (Å²) in [5.74, 6) is 0.530. The van der Waals surface area contributed by atoms with Crippen LogP contribution in [0.5, 0.6) is 5.88 Å². The molecule has 0 aliphatic rings. The van der Waals surface area contributed by atoms with E-state index in [1.807, 2.05) is 45.0 Å². The Morgan fingerprint density at radius 3 is 2.19 bits per heavy atom. The van der Waals surface area contributed by atoms with Crippen molar-refractivity contribution in [2.24, 2.45) is 0 Å². The van der Waals surface area contributed by atoms with Gasteiger partial charge in [-0.25, -0.2) is 9.36 Å². The van der Waals surface area contributed by atoms with Gasteiger partial charge in [-0.05, 0) is 45.0 Å². The van der Waals surface area contributed by atoms with Crippen LogP contribution in [0.3, 0.4) is 0 Å². The third-order valence-electron chi connectivity index (χ3n) is 4.81. The molecule has 0 bridgehead atoms. The lowest BCUT2D eigenvalue weighted by Crippen LogP contribution is -2.44. The number of hydrogen-bond donors (Lipinski definition) is 0. The number of nitrogens with zero attached hydrogens (tertiary/aromatic N) is 1. The van der Waals surface area contributed by atoms with Gasteiger partial charge in [-0.3, -0.25) is 0 Å². The van der Waals surface area contributed by atoms with Gasteiger partial charge in [-0.15, -0.1) is 0 Å². The van der Waals surface area contributed by atoms with E-state index in [1.54, 1.807) is 10.6 Å². The standard InChI is InChI=1S/C21H31NO3Si/c1-10-15-16-13-11-12-14-17(16)22(19(23)24-20(2,3)4)18(15)25-26(8,9)21(5,6)7/h10-14H,1H2,2-9H3. The number of benzene rings is 1. The normalized spacial score (nSPS) is 12.9. The molecule has 1 aromatic carbocycles. The maximum Gasteiger partial charge on any atom is 0.421 e. The molecule has 0 radical (unpaired) electrons. The highest BCUT2D eigenvalue weighted by Crippen LogP contribution is 2.41. The second-order valence-electron chi connectivity index (χ2n) is 9.12. The summed E-state index contributed by atoms with van der Waals surface area (Å²) in [4.78, 5) is 13.0. The number of rotatable bonds is 3. The lowest BCUT2D eigenvalue weighted by atomic mass is 10.2. The molecule has 142 valence electrons. The van der Waals surface area contributed by atoms with Crippen molar-refractivity contribution in [1.29, 1.82) is 0 Å². The van der Waals surface area contributed by atoms with Crippen LogP contribution in [0.25, 0.3) is 17.0 Å². The molecule has 0 amide bonds. The van der Waals surface area contributed by atoms with Crippen molar-refractivity contribution in [1.82, 2.24) is 4.57 Å². The van der Waals surface area contributed by atoms with Gasteiger partial charge in [0, 0.05) is 10.9 Å². The predicted octanol–water partition coefficient (Wildman–Crippen LogP) is 6.45. The van der Waals surface area contributed by atoms with E-state index in [4.69, 9.17) is 9.16 Å². The summed E-state index contributed by atoms with van der Waals surface area (Å²) in [7, 11) is -2.17. The van der Waals surface area contributed by atoms with Crippen LogP contribution in [0, 0.1) is 0 Å². The van der Waals surface area contributed by atoms with Gasteiger partial charge < -0.3 is 9.16 Å². The lowest BCUT2D eigenvalue weighted by Gasteiger charge is -2.36. The van der Waals surface area contributed by atoms with Crippen LogP contribution in [-0.2, 0) is 4.74 Å². The third kappa shape index (κ3) is 3.88. The smallest absolute Gasteiger partial charge is 0.421 e. The molecule has 0 atom stereocenters. The Balaban J connectivity index is 2.73. The molecule has 0 N–H and O–H groups in total. The van der Waals surface area contributed by atoms with Crippen molar-refractivity contribution in [2.45, 2.75) is 65.3 Å².